The highest BCUT2D eigenvalue weighted by molar-refractivity contribution is 5.94. The van der Waals surface area contributed by atoms with E-state index in [0.717, 1.165) is 5.56 Å². The van der Waals surface area contributed by atoms with E-state index >= 15 is 0 Å². The Hall–Kier alpha value is -2.86. The molecule has 0 spiro atoms. The van der Waals surface area contributed by atoms with Gasteiger partial charge in [-0.3, -0.25) is 0 Å². The zero-order chi connectivity index (χ0) is 18.7. The molecule has 3 atom stereocenters. The third kappa shape index (κ3) is 3.15. The van der Waals surface area contributed by atoms with Crippen molar-refractivity contribution >= 4 is 11.9 Å². The number of amides is 2. The maximum Gasteiger partial charge on any atom is 0.329 e. The van der Waals surface area contributed by atoms with Gasteiger partial charge in [0.15, 0.2) is 6.23 Å². The molecule has 2 amide bonds. The number of aliphatic hydroxyl groups is 1. The number of aromatic nitrogens is 1. The van der Waals surface area contributed by atoms with Crippen LogP contribution in [-0.4, -0.2) is 40.0 Å². The van der Waals surface area contributed by atoms with Crippen LogP contribution in [0.2, 0.25) is 0 Å². The number of anilines is 1. The first-order chi connectivity index (χ1) is 12.6. The van der Waals surface area contributed by atoms with Crippen molar-refractivity contribution in [2.24, 2.45) is 0 Å². The van der Waals surface area contributed by atoms with Gasteiger partial charge in [-0.2, -0.15) is 0 Å². The predicted octanol–water partition coefficient (Wildman–Crippen LogP) is 3.52. The van der Waals surface area contributed by atoms with Crippen molar-refractivity contribution in [3.05, 3.63) is 73.0 Å². The lowest BCUT2D eigenvalue weighted by atomic mass is 9.98. The molecule has 2 aromatic rings. The number of hydrogen-bond donors (Lipinski definition) is 1. The normalized spacial score (nSPS) is 21.1. The van der Waals surface area contributed by atoms with Crippen LogP contribution < -0.4 is 4.90 Å². The summed E-state index contributed by atoms with van der Waals surface area (Å²) >= 11 is 0. The van der Waals surface area contributed by atoms with E-state index in [2.05, 4.69) is 18.3 Å². The van der Waals surface area contributed by atoms with Gasteiger partial charge in [-0.25, -0.2) is 9.69 Å². The zero-order valence-corrected chi connectivity index (χ0v) is 14.8. The summed E-state index contributed by atoms with van der Waals surface area (Å²) in [4.78, 5) is 15.6. The molecule has 6 nitrogen and oxygen atoms in total. The highest BCUT2D eigenvalue weighted by atomic mass is 16.5. The topological polar surface area (TPSA) is 69.8 Å². The van der Waals surface area contributed by atoms with E-state index in [1.165, 1.54) is 4.90 Å². The van der Waals surface area contributed by atoms with Crippen molar-refractivity contribution in [3.63, 3.8) is 0 Å². The molecule has 3 unspecified atom stereocenters. The Kier molecular flexibility index (Phi) is 5.23. The predicted molar refractivity (Wildman–Crippen MR) is 99.8 cm³/mol. The fraction of sp³-hybridized carbons (Fsp3) is 0.300. The summed E-state index contributed by atoms with van der Waals surface area (Å²) < 4.78 is 5.40. The molecular formula is C20H23N3O3. The second-order valence-electron chi connectivity index (χ2n) is 6.32. The second kappa shape index (κ2) is 7.58. The maximum absolute atomic E-state index is 12.8. The molecule has 6 heteroatoms. The summed E-state index contributed by atoms with van der Waals surface area (Å²) in [5.41, 5.74) is 1.80. The molecule has 0 saturated carbocycles. The monoisotopic (exact) mass is 353 g/mol. The van der Waals surface area contributed by atoms with Gasteiger partial charge in [0.1, 0.15) is 0 Å². The van der Waals surface area contributed by atoms with Gasteiger partial charge in [-0.1, -0.05) is 54.6 Å². The van der Waals surface area contributed by atoms with Crippen LogP contribution in [0.4, 0.5) is 10.7 Å². The fourth-order valence-electron chi connectivity index (χ4n) is 3.23. The van der Waals surface area contributed by atoms with Crippen LogP contribution in [0.15, 0.2) is 66.2 Å². The zero-order valence-electron chi connectivity index (χ0n) is 14.8. The Morgan fingerprint density at radius 3 is 2.69 bits per heavy atom. The van der Waals surface area contributed by atoms with E-state index in [-0.39, 0.29) is 17.8 Å². The van der Waals surface area contributed by atoms with Crippen molar-refractivity contribution in [3.8, 4) is 0 Å². The van der Waals surface area contributed by atoms with E-state index in [1.54, 1.807) is 23.1 Å². The minimum atomic E-state index is -1.03. The fourth-order valence-corrected chi connectivity index (χ4v) is 3.23. The Labute approximate surface area is 153 Å². The number of carbonyl (C=O) groups excluding carboxylic acids is 1. The molecule has 2 heterocycles. The van der Waals surface area contributed by atoms with Crippen LogP contribution in [0.5, 0.6) is 0 Å². The average Bonchev–Trinajstić information content (AvgIpc) is 3.21. The number of carbonyl (C=O) groups is 1. The highest BCUT2D eigenvalue weighted by Gasteiger charge is 2.46. The number of hydrogen-bond acceptors (Lipinski definition) is 4. The smallest absolute Gasteiger partial charge is 0.329 e. The lowest BCUT2D eigenvalue weighted by Crippen LogP contribution is -2.36. The van der Waals surface area contributed by atoms with Crippen molar-refractivity contribution in [2.45, 2.75) is 31.5 Å². The summed E-state index contributed by atoms with van der Waals surface area (Å²) in [6, 6.07) is 10.9. The summed E-state index contributed by atoms with van der Waals surface area (Å²) in [7, 11) is 0. The molecule has 0 bridgehead atoms. The third-order valence-electron chi connectivity index (χ3n) is 4.69. The third-order valence-corrected chi connectivity index (χ3v) is 4.69. The van der Waals surface area contributed by atoms with E-state index in [1.807, 2.05) is 37.3 Å². The minimum absolute atomic E-state index is 0.0109. The Morgan fingerprint density at radius 2 is 2.04 bits per heavy atom. The molecule has 1 aromatic heterocycles. The maximum atomic E-state index is 12.8. The standard InChI is InChI=1S/C20H23N3O3/c1-4-9-17-19(24)23(20(25)22(17)12-5-2)18-13-16(21-26-18)14(3)15-10-7-6-8-11-15/h4-8,10-11,13-14,17,19,24H,1-2,9,12H2,3H3. The minimum Gasteiger partial charge on any atom is -0.371 e. The molecule has 3 rings (SSSR count). The quantitative estimate of drug-likeness (QED) is 0.773. The summed E-state index contributed by atoms with van der Waals surface area (Å²) in [6.45, 7) is 9.75. The lowest BCUT2D eigenvalue weighted by molar-refractivity contribution is 0.122. The SMILES string of the molecule is C=CCC1C(O)N(c2cc(C(C)c3ccccc3)no2)C(=O)N1CC=C. The lowest BCUT2D eigenvalue weighted by Gasteiger charge is -2.21. The number of benzene rings is 1. The van der Waals surface area contributed by atoms with Gasteiger partial charge in [-0.15, -0.1) is 13.2 Å². The van der Waals surface area contributed by atoms with Gasteiger partial charge >= 0.3 is 6.03 Å². The highest BCUT2D eigenvalue weighted by Crippen LogP contribution is 2.33. The molecule has 1 aliphatic heterocycles. The van der Waals surface area contributed by atoms with Gasteiger partial charge in [0, 0.05) is 18.5 Å². The summed E-state index contributed by atoms with van der Waals surface area (Å²) in [6.07, 6.45) is 2.75. The molecule has 0 radical (unpaired) electrons. The van der Waals surface area contributed by atoms with E-state index < -0.39 is 12.3 Å². The van der Waals surface area contributed by atoms with Crippen LogP contribution in [0.1, 0.15) is 30.5 Å². The van der Waals surface area contributed by atoms with E-state index in [4.69, 9.17) is 4.52 Å². The van der Waals surface area contributed by atoms with Crippen LogP contribution in [0.25, 0.3) is 0 Å². The van der Waals surface area contributed by atoms with Crippen LogP contribution >= 0.6 is 0 Å². The van der Waals surface area contributed by atoms with Gasteiger partial charge in [0.2, 0.25) is 5.88 Å². The Morgan fingerprint density at radius 1 is 1.31 bits per heavy atom. The Balaban J connectivity index is 1.87. The Bertz CT molecular complexity index is 787. The first-order valence-corrected chi connectivity index (χ1v) is 8.59. The molecule has 0 aliphatic carbocycles. The molecule has 1 N–H and O–H groups in total. The second-order valence-corrected chi connectivity index (χ2v) is 6.32. The van der Waals surface area contributed by atoms with Gasteiger partial charge in [0.05, 0.1) is 11.7 Å². The number of urea groups is 1. The number of nitrogens with zero attached hydrogens (tertiary/aromatic N) is 3. The van der Waals surface area contributed by atoms with Crippen molar-refractivity contribution < 1.29 is 14.4 Å². The summed E-state index contributed by atoms with van der Waals surface area (Å²) in [5.74, 6) is 0.248. The first kappa shape index (κ1) is 17.9. The van der Waals surface area contributed by atoms with Gasteiger partial charge < -0.3 is 14.5 Å². The summed E-state index contributed by atoms with van der Waals surface area (Å²) in [5, 5.41) is 14.8. The van der Waals surface area contributed by atoms with Crippen molar-refractivity contribution in [2.75, 3.05) is 11.4 Å². The van der Waals surface area contributed by atoms with Crippen molar-refractivity contribution in [1.29, 1.82) is 0 Å². The van der Waals surface area contributed by atoms with Gasteiger partial charge in [0.25, 0.3) is 0 Å². The van der Waals surface area contributed by atoms with Crippen LogP contribution in [-0.2, 0) is 0 Å². The van der Waals surface area contributed by atoms with Crippen LogP contribution in [0.3, 0.4) is 0 Å². The molecule has 1 aliphatic rings. The van der Waals surface area contributed by atoms with Crippen molar-refractivity contribution in [1.82, 2.24) is 10.1 Å². The molecule has 1 saturated heterocycles. The number of rotatable bonds is 7. The number of aliphatic hydroxyl groups excluding tert-OH is 1. The van der Waals surface area contributed by atoms with E-state index in [9.17, 15) is 9.90 Å². The molecule has 26 heavy (non-hydrogen) atoms. The first-order valence-electron chi connectivity index (χ1n) is 8.59. The van der Waals surface area contributed by atoms with Crippen LogP contribution in [0, 0.1) is 0 Å². The molecule has 136 valence electrons. The molecule has 1 aromatic carbocycles. The van der Waals surface area contributed by atoms with E-state index in [0.29, 0.717) is 18.7 Å². The van der Waals surface area contributed by atoms with Gasteiger partial charge in [-0.05, 0) is 12.0 Å². The molecular weight excluding hydrogens is 330 g/mol. The largest absolute Gasteiger partial charge is 0.371 e. The average molecular weight is 353 g/mol. The molecule has 1 fully saturated rings.